The molecule has 0 aromatic heterocycles. The SMILES string of the molecule is CCCCCC[C@@H](OC(=O)C1CCc2cc(OC(=O)c3ccc(OCCCCC(F)(F)C(F)(F)C(F)(F)C(F)(F)F)c(F)c3)ccc2C1)C(F)(F)F. The maximum atomic E-state index is 14.6. The molecule has 0 saturated heterocycles. The fraction of sp³-hybridized carbons (Fsp3) is 0.588. The molecule has 0 spiro atoms. The number of unbranched alkanes of at least 4 members (excludes halogenated alkanes) is 4. The van der Waals surface area contributed by atoms with Crippen LogP contribution in [0.25, 0.3) is 0 Å². The van der Waals surface area contributed by atoms with E-state index in [1.54, 1.807) is 0 Å². The van der Waals surface area contributed by atoms with Gasteiger partial charge in [0.2, 0.25) is 0 Å². The Bertz CT molecular complexity index is 1520. The summed E-state index contributed by atoms with van der Waals surface area (Å²) in [6.07, 6.45) is -14.8. The van der Waals surface area contributed by atoms with Crippen LogP contribution in [0, 0.1) is 11.7 Å². The minimum absolute atomic E-state index is 0.0325. The molecule has 1 unspecified atom stereocenters. The van der Waals surface area contributed by atoms with Crippen molar-refractivity contribution in [2.24, 2.45) is 5.92 Å². The lowest BCUT2D eigenvalue weighted by atomic mass is 9.84. The number of hydrogen-bond acceptors (Lipinski definition) is 5. The fourth-order valence-electron chi connectivity index (χ4n) is 5.39. The van der Waals surface area contributed by atoms with E-state index < -0.39 is 91.5 Å². The van der Waals surface area contributed by atoms with Gasteiger partial charge in [0.25, 0.3) is 0 Å². The average molecular weight is 771 g/mol. The van der Waals surface area contributed by atoms with Crippen LogP contribution in [0.3, 0.4) is 0 Å². The predicted molar refractivity (Wildman–Crippen MR) is 158 cm³/mol. The average Bonchev–Trinajstić information content (AvgIpc) is 3.05. The van der Waals surface area contributed by atoms with Gasteiger partial charge < -0.3 is 14.2 Å². The summed E-state index contributed by atoms with van der Waals surface area (Å²) in [6, 6.07) is 7.07. The molecule has 2 aromatic carbocycles. The number of carbonyl (C=O) groups is 2. The number of hydrogen-bond donors (Lipinski definition) is 0. The number of rotatable bonds is 17. The molecule has 0 saturated carbocycles. The molecule has 18 heteroatoms. The summed E-state index contributed by atoms with van der Waals surface area (Å²) in [7, 11) is 0. The van der Waals surface area contributed by atoms with E-state index in [1.807, 2.05) is 6.92 Å². The molecule has 52 heavy (non-hydrogen) atoms. The lowest BCUT2D eigenvalue weighted by Crippen LogP contribution is -2.60. The van der Waals surface area contributed by atoms with Gasteiger partial charge in [-0.2, -0.15) is 52.7 Å². The van der Waals surface area contributed by atoms with Crippen LogP contribution >= 0.6 is 0 Å². The zero-order valence-corrected chi connectivity index (χ0v) is 27.6. The van der Waals surface area contributed by atoms with Gasteiger partial charge in [-0.1, -0.05) is 32.3 Å². The quantitative estimate of drug-likeness (QED) is 0.0694. The Labute approximate surface area is 289 Å². The molecular formula is C34H35F13O5. The van der Waals surface area contributed by atoms with Crippen molar-refractivity contribution in [2.45, 2.75) is 114 Å². The van der Waals surface area contributed by atoms with Crippen molar-refractivity contribution in [3.63, 3.8) is 0 Å². The first-order valence-electron chi connectivity index (χ1n) is 16.3. The molecule has 1 aliphatic carbocycles. The monoisotopic (exact) mass is 770 g/mol. The van der Waals surface area contributed by atoms with Crippen LogP contribution in [0.1, 0.15) is 86.2 Å². The van der Waals surface area contributed by atoms with Crippen molar-refractivity contribution in [2.75, 3.05) is 6.61 Å². The maximum Gasteiger partial charge on any atom is 0.460 e. The normalized spacial score (nSPS) is 16.2. The largest absolute Gasteiger partial charge is 0.491 e. The van der Waals surface area contributed by atoms with E-state index >= 15 is 0 Å². The Kier molecular flexibility index (Phi) is 13.9. The second-order valence-corrected chi connectivity index (χ2v) is 12.4. The Balaban J connectivity index is 1.51. The Morgan fingerprint density at radius 3 is 2.12 bits per heavy atom. The molecule has 0 aliphatic heterocycles. The molecule has 2 atom stereocenters. The van der Waals surface area contributed by atoms with Crippen molar-refractivity contribution < 1.29 is 80.9 Å². The molecular weight excluding hydrogens is 735 g/mol. The van der Waals surface area contributed by atoms with Gasteiger partial charge in [-0.05, 0) is 86.4 Å². The smallest absolute Gasteiger partial charge is 0.460 e. The summed E-state index contributed by atoms with van der Waals surface area (Å²) in [5, 5.41) is 0. The van der Waals surface area contributed by atoms with Gasteiger partial charge in [0.1, 0.15) is 5.75 Å². The highest BCUT2D eigenvalue weighted by atomic mass is 19.4. The number of halogens is 13. The number of esters is 2. The van der Waals surface area contributed by atoms with Gasteiger partial charge in [-0.3, -0.25) is 4.79 Å². The van der Waals surface area contributed by atoms with Gasteiger partial charge in [0.15, 0.2) is 17.7 Å². The second-order valence-electron chi connectivity index (χ2n) is 12.4. The highest BCUT2D eigenvalue weighted by Crippen LogP contribution is 2.54. The highest BCUT2D eigenvalue weighted by Gasteiger charge is 2.81. The Morgan fingerprint density at radius 1 is 0.808 bits per heavy atom. The van der Waals surface area contributed by atoms with E-state index in [-0.39, 0.29) is 43.4 Å². The third kappa shape index (κ3) is 10.4. The summed E-state index contributed by atoms with van der Waals surface area (Å²) in [5.74, 6) is -23.9. The molecule has 1 aliphatic rings. The number of aryl methyl sites for hydroxylation is 1. The second kappa shape index (κ2) is 16.9. The first-order valence-corrected chi connectivity index (χ1v) is 16.3. The number of carbonyl (C=O) groups excluding carboxylic acids is 2. The van der Waals surface area contributed by atoms with E-state index in [4.69, 9.17) is 14.2 Å². The van der Waals surface area contributed by atoms with Crippen LogP contribution in [-0.2, 0) is 22.4 Å². The minimum atomic E-state index is -6.99. The van der Waals surface area contributed by atoms with Gasteiger partial charge in [0.05, 0.1) is 18.1 Å². The van der Waals surface area contributed by atoms with Gasteiger partial charge in [-0.25, -0.2) is 9.18 Å². The van der Waals surface area contributed by atoms with Crippen LogP contribution in [0.5, 0.6) is 11.5 Å². The molecule has 0 bridgehead atoms. The number of ether oxygens (including phenoxy) is 3. The molecule has 5 nitrogen and oxygen atoms in total. The zero-order valence-electron chi connectivity index (χ0n) is 27.6. The maximum absolute atomic E-state index is 14.6. The molecule has 0 fully saturated rings. The van der Waals surface area contributed by atoms with Gasteiger partial charge in [0, 0.05) is 6.42 Å². The number of fused-ring (bicyclic) bond motifs is 1. The predicted octanol–water partition coefficient (Wildman–Crippen LogP) is 10.6. The molecule has 2 aromatic rings. The Hall–Kier alpha value is -3.73. The minimum Gasteiger partial charge on any atom is -0.491 e. The van der Waals surface area contributed by atoms with Crippen LogP contribution in [0.2, 0.25) is 0 Å². The highest BCUT2D eigenvalue weighted by molar-refractivity contribution is 5.91. The molecule has 0 radical (unpaired) electrons. The number of alkyl halides is 12. The van der Waals surface area contributed by atoms with Gasteiger partial charge in [-0.15, -0.1) is 0 Å². The van der Waals surface area contributed by atoms with Crippen molar-refractivity contribution in [1.29, 1.82) is 0 Å². The first kappa shape index (κ1) is 42.7. The van der Waals surface area contributed by atoms with E-state index in [9.17, 15) is 66.7 Å². The molecule has 0 amide bonds. The summed E-state index contributed by atoms with van der Waals surface area (Å²) in [4.78, 5) is 25.3. The fourth-order valence-corrected chi connectivity index (χ4v) is 5.39. The summed E-state index contributed by atoms with van der Waals surface area (Å²) < 4.78 is 187. The summed E-state index contributed by atoms with van der Waals surface area (Å²) in [6.45, 7) is 1.28. The van der Waals surface area contributed by atoms with E-state index in [0.717, 1.165) is 25.0 Å². The Morgan fingerprint density at radius 2 is 1.50 bits per heavy atom. The molecule has 0 N–H and O–H groups in total. The standard InChI is InChI=1S/C34H35F13O5/c1-2-3-4-5-8-27(31(38,39)40)52-29(49)22-10-9-21-18-24(13-11-20(21)17-22)51-28(48)23-12-14-26(25(35)19-23)50-16-7-6-15-30(36,37)32(41,42)33(43,44)34(45,46)47/h11-14,18-19,22,27H,2-10,15-17H2,1H3/t22?,27-/m1/s1. The lowest BCUT2D eigenvalue weighted by Gasteiger charge is -2.33. The third-order valence-electron chi connectivity index (χ3n) is 8.41. The van der Waals surface area contributed by atoms with Crippen LogP contribution < -0.4 is 9.47 Å². The topological polar surface area (TPSA) is 61.8 Å². The van der Waals surface area contributed by atoms with Crippen LogP contribution in [0.4, 0.5) is 57.1 Å². The molecule has 292 valence electrons. The first-order chi connectivity index (χ1) is 24.0. The van der Waals surface area contributed by atoms with Crippen molar-refractivity contribution in [3.05, 3.63) is 58.9 Å². The third-order valence-corrected chi connectivity index (χ3v) is 8.41. The summed E-state index contributed by atoms with van der Waals surface area (Å²) >= 11 is 0. The zero-order chi connectivity index (χ0) is 39.1. The van der Waals surface area contributed by atoms with E-state index in [0.29, 0.717) is 23.6 Å². The van der Waals surface area contributed by atoms with Crippen molar-refractivity contribution in [3.8, 4) is 11.5 Å². The lowest BCUT2D eigenvalue weighted by molar-refractivity contribution is -0.396. The van der Waals surface area contributed by atoms with Gasteiger partial charge >= 0.3 is 42.1 Å². The molecule has 0 heterocycles. The van der Waals surface area contributed by atoms with Crippen molar-refractivity contribution >= 4 is 11.9 Å². The van der Waals surface area contributed by atoms with Crippen molar-refractivity contribution in [1.82, 2.24) is 0 Å². The van der Waals surface area contributed by atoms with E-state index in [2.05, 4.69) is 0 Å². The van der Waals surface area contributed by atoms with E-state index in [1.165, 1.54) is 18.2 Å². The van der Waals surface area contributed by atoms with Crippen LogP contribution in [-0.4, -0.2) is 54.8 Å². The van der Waals surface area contributed by atoms with Crippen LogP contribution in [0.15, 0.2) is 36.4 Å². The summed E-state index contributed by atoms with van der Waals surface area (Å²) in [5.41, 5.74) is 0.974. The molecule has 3 rings (SSSR count). The number of benzene rings is 2.